The summed E-state index contributed by atoms with van der Waals surface area (Å²) in [4.78, 5) is 31.5. The van der Waals surface area contributed by atoms with Crippen molar-refractivity contribution in [2.45, 2.75) is 19.1 Å². The van der Waals surface area contributed by atoms with Gasteiger partial charge >= 0.3 is 5.69 Å². The number of likely N-dealkylation sites (tertiary alicyclic amines) is 1. The molecule has 36 heavy (non-hydrogen) atoms. The number of carbonyl (C=O) groups is 1. The summed E-state index contributed by atoms with van der Waals surface area (Å²) in [5.41, 5.74) is 1.98. The number of nitrogens with zero attached hydrogens (tertiary/aromatic N) is 4. The zero-order valence-electron chi connectivity index (χ0n) is 19.0. The molecule has 184 valence electrons. The van der Waals surface area contributed by atoms with E-state index in [1.54, 1.807) is 46.1 Å². The number of hydrogen-bond acceptors (Lipinski definition) is 4. The van der Waals surface area contributed by atoms with Crippen molar-refractivity contribution in [2.24, 2.45) is 0 Å². The predicted molar refractivity (Wildman–Crippen MR) is 131 cm³/mol. The van der Waals surface area contributed by atoms with Gasteiger partial charge in [0.05, 0.1) is 34.0 Å². The SMILES string of the molecule is C=CC(=O)N1CC[C@@H](n2c(=O)n(-c3ccc(OCc4ccc(F)c(F)c4)c(Cl)c3)c3cnccc32)C1. The van der Waals surface area contributed by atoms with Gasteiger partial charge in [0.1, 0.15) is 12.4 Å². The third-order valence-electron chi connectivity index (χ3n) is 6.24. The lowest BCUT2D eigenvalue weighted by Gasteiger charge is -2.15. The van der Waals surface area contributed by atoms with Crippen molar-refractivity contribution in [3.05, 3.63) is 100 Å². The van der Waals surface area contributed by atoms with Crippen LogP contribution in [0, 0.1) is 11.6 Å². The first-order chi connectivity index (χ1) is 17.4. The van der Waals surface area contributed by atoms with Crippen LogP contribution in [0.5, 0.6) is 5.75 Å². The fraction of sp³-hybridized carbons (Fsp3) is 0.192. The van der Waals surface area contributed by atoms with E-state index < -0.39 is 11.6 Å². The third kappa shape index (κ3) is 4.26. The van der Waals surface area contributed by atoms with Crippen molar-refractivity contribution < 1.29 is 18.3 Å². The Morgan fingerprint density at radius 1 is 1.17 bits per heavy atom. The first-order valence-electron chi connectivity index (χ1n) is 11.2. The van der Waals surface area contributed by atoms with Crippen LogP contribution in [-0.2, 0) is 11.4 Å². The fourth-order valence-electron chi connectivity index (χ4n) is 4.49. The number of pyridine rings is 1. The van der Waals surface area contributed by atoms with E-state index in [2.05, 4.69) is 11.6 Å². The van der Waals surface area contributed by atoms with Crippen LogP contribution in [0.25, 0.3) is 16.7 Å². The Morgan fingerprint density at radius 3 is 2.75 bits per heavy atom. The zero-order valence-corrected chi connectivity index (χ0v) is 19.8. The van der Waals surface area contributed by atoms with E-state index in [4.69, 9.17) is 16.3 Å². The monoisotopic (exact) mass is 510 g/mol. The summed E-state index contributed by atoms with van der Waals surface area (Å²) in [5.74, 6) is -1.73. The number of amides is 1. The standard InChI is InChI=1S/C26H21ClF2N4O3/c1-2-25(34)31-10-8-18(14-31)33-22-7-9-30-13-23(22)32(26(33)35)17-4-6-24(19(27)12-17)36-15-16-3-5-20(28)21(29)11-16/h2-7,9,11-13,18H,1,8,10,14-15H2/t18-/m1/s1. The molecular formula is C26H21ClF2N4O3. The number of imidazole rings is 1. The molecule has 2 aromatic heterocycles. The molecule has 10 heteroatoms. The highest BCUT2D eigenvalue weighted by molar-refractivity contribution is 6.32. The van der Waals surface area contributed by atoms with Crippen molar-refractivity contribution in [2.75, 3.05) is 13.1 Å². The van der Waals surface area contributed by atoms with Crippen LogP contribution in [0.15, 0.2) is 72.3 Å². The lowest BCUT2D eigenvalue weighted by Crippen LogP contribution is -2.31. The zero-order chi connectivity index (χ0) is 25.4. The summed E-state index contributed by atoms with van der Waals surface area (Å²) in [6, 6.07) is 10.00. The van der Waals surface area contributed by atoms with Crippen molar-refractivity contribution in [3.8, 4) is 11.4 Å². The molecule has 2 aromatic carbocycles. The second-order valence-corrected chi connectivity index (χ2v) is 8.84. The van der Waals surface area contributed by atoms with E-state index in [9.17, 15) is 18.4 Å². The van der Waals surface area contributed by atoms with Gasteiger partial charge in [-0.3, -0.25) is 18.9 Å². The molecule has 0 unspecified atom stereocenters. The molecule has 3 heterocycles. The average Bonchev–Trinajstić information content (AvgIpc) is 3.46. The van der Waals surface area contributed by atoms with Crippen molar-refractivity contribution in [3.63, 3.8) is 0 Å². The quantitative estimate of drug-likeness (QED) is 0.354. The van der Waals surface area contributed by atoms with E-state index in [0.717, 1.165) is 12.1 Å². The van der Waals surface area contributed by atoms with Gasteiger partial charge in [0.25, 0.3) is 0 Å². The van der Waals surface area contributed by atoms with Gasteiger partial charge in [-0.2, -0.15) is 0 Å². The molecule has 0 bridgehead atoms. The number of benzene rings is 2. The first-order valence-corrected chi connectivity index (χ1v) is 11.6. The first kappa shape index (κ1) is 23.7. The number of hydrogen-bond donors (Lipinski definition) is 0. The number of rotatable bonds is 6. The van der Waals surface area contributed by atoms with Gasteiger partial charge in [-0.25, -0.2) is 13.6 Å². The Balaban J connectivity index is 1.46. The van der Waals surface area contributed by atoms with Gasteiger partial charge < -0.3 is 9.64 Å². The van der Waals surface area contributed by atoms with Gasteiger partial charge in [0, 0.05) is 19.3 Å². The molecule has 0 N–H and O–H groups in total. The Hall–Kier alpha value is -3.98. The smallest absolute Gasteiger partial charge is 0.334 e. The third-order valence-corrected chi connectivity index (χ3v) is 6.54. The minimum absolute atomic E-state index is 0.0128. The number of aromatic nitrogens is 3. The molecule has 4 aromatic rings. The number of carbonyl (C=O) groups excluding carboxylic acids is 1. The summed E-state index contributed by atoms with van der Waals surface area (Å²) in [6.45, 7) is 4.47. The van der Waals surface area contributed by atoms with Crippen molar-refractivity contribution in [1.29, 1.82) is 0 Å². The van der Waals surface area contributed by atoms with Gasteiger partial charge in [0.2, 0.25) is 5.91 Å². The second kappa shape index (κ2) is 9.58. The maximum atomic E-state index is 13.6. The van der Waals surface area contributed by atoms with Gasteiger partial charge in [-0.15, -0.1) is 0 Å². The minimum atomic E-state index is -0.957. The fourth-order valence-corrected chi connectivity index (χ4v) is 4.72. The van der Waals surface area contributed by atoms with E-state index in [0.29, 0.717) is 47.5 Å². The summed E-state index contributed by atoms with van der Waals surface area (Å²) < 4.78 is 35.5. The molecule has 0 saturated carbocycles. The molecule has 1 aliphatic heterocycles. The average molecular weight is 511 g/mol. The summed E-state index contributed by atoms with van der Waals surface area (Å²) in [5, 5.41) is 0.246. The van der Waals surface area contributed by atoms with Gasteiger partial charge in [-0.1, -0.05) is 24.2 Å². The molecule has 0 spiro atoms. The van der Waals surface area contributed by atoms with E-state index in [1.807, 2.05) is 0 Å². The maximum absolute atomic E-state index is 13.6. The van der Waals surface area contributed by atoms with E-state index >= 15 is 0 Å². The molecule has 0 aliphatic carbocycles. The summed E-state index contributed by atoms with van der Waals surface area (Å²) in [7, 11) is 0. The van der Waals surface area contributed by atoms with Crippen molar-refractivity contribution in [1.82, 2.24) is 19.0 Å². The molecule has 7 nitrogen and oxygen atoms in total. The Morgan fingerprint density at radius 2 is 2.00 bits per heavy atom. The van der Waals surface area contributed by atoms with Crippen LogP contribution in [0.3, 0.4) is 0 Å². The molecule has 0 radical (unpaired) electrons. The Bertz CT molecular complexity index is 1550. The number of ether oxygens (including phenoxy) is 1. The molecule has 1 amide bonds. The lowest BCUT2D eigenvalue weighted by molar-refractivity contribution is -0.125. The molecule has 1 aliphatic rings. The van der Waals surface area contributed by atoms with Crippen LogP contribution in [0.2, 0.25) is 5.02 Å². The number of fused-ring (bicyclic) bond motifs is 1. The normalized spacial score (nSPS) is 15.4. The highest BCUT2D eigenvalue weighted by atomic mass is 35.5. The summed E-state index contributed by atoms with van der Waals surface area (Å²) >= 11 is 6.46. The van der Waals surface area contributed by atoms with Crippen LogP contribution < -0.4 is 10.4 Å². The van der Waals surface area contributed by atoms with Gasteiger partial charge in [-0.05, 0) is 54.5 Å². The molecule has 1 saturated heterocycles. The highest BCUT2D eigenvalue weighted by Crippen LogP contribution is 2.30. The number of halogens is 3. The molecule has 1 fully saturated rings. The van der Waals surface area contributed by atoms with Crippen LogP contribution in [-0.4, -0.2) is 38.0 Å². The second-order valence-electron chi connectivity index (χ2n) is 8.44. The Labute approximate surface area is 209 Å². The highest BCUT2D eigenvalue weighted by Gasteiger charge is 2.30. The predicted octanol–water partition coefficient (Wildman–Crippen LogP) is 4.66. The van der Waals surface area contributed by atoms with Crippen LogP contribution in [0.4, 0.5) is 8.78 Å². The lowest BCUT2D eigenvalue weighted by atomic mass is 10.2. The van der Waals surface area contributed by atoms with Crippen LogP contribution >= 0.6 is 11.6 Å². The summed E-state index contributed by atoms with van der Waals surface area (Å²) in [6.07, 6.45) is 5.14. The van der Waals surface area contributed by atoms with E-state index in [1.165, 1.54) is 16.7 Å². The van der Waals surface area contributed by atoms with Crippen molar-refractivity contribution >= 4 is 28.5 Å². The Kier molecular flexibility index (Phi) is 6.32. The van der Waals surface area contributed by atoms with E-state index in [-0.39, 0.29) is 29.3 Å². The largest absolute Gasteiger partial charge is 0.487 e. The topological polar surface area (TPSA) is 69.4 Å². The molecule has 1 atom stereocenters. The van der Waals surface area contributed by atoms with Gasteiger partial charge in [0.15, 0.2) is 11.6 Å². The molecule has 5 rings (SSSR count). The maximum Gasteiger partial charge on any atom is 0.334 e. The van der Waals surface area contributed by atoms with Crippen LogP contribution in [0.1, 0.15) is 18.0 Å². The minimum Gasteiger partial charge on any atom is -0.487 e. The molecular weight excluding hydrogens is 490 g/mol.